The number of carbonyl (C=O) groups is 1. The molecule has 0 saturated carbocycles. The lowest BCUT2D eigenvalue weighted by molar-refractivity contribution is -0.118. The first-order valence-corrected chi connectivity index (χ1v) is 8.93. The molecule has 120 valence electrons. The number of hydrogen-bond acceptors (Lipinski definition) is 2. The molecule has 0 spiro atoms. The summed E-state index contributed by atoms with van der Waals surface area (Å²) in [6, 6.07) is 7.39. The molecule has 1 N–H and O–H groups in total. The number of piperidine rings is 1. The summed E-state index contributed by atoms with van der Waals surface area (Å²) in [5.74, 6) is 0.283. The summed E-state index contributed by atoms with van der Waals surface area (Å²) in [5.41, 5.74) is 3.94. The maximum Gasteiger partial charge on any atom is 0.226 e. The van der Waals surface area contributed by atoms with Crippen LogP contribution in [0.25, 0.3) is 0 Å². The van der Waals surface area contributed by atoms with Gasteiger partial charge in [0.05, 0.1) is 0 Å². The Morgan fingerprint density at radius 3 is 3.00 bits per heavy atom. The van der Waals surface area contributed by atoms with Crippen molar-refractivity contribution in [3.8, 4) is 0 Å². The zero-order valence-corrected chi connectivity index (χ0v) is 13.7. The van der Waals surface area contributed by atoms with Gasteiger partial charge in [-0.15, -0.1) is 0 Å². The maximum atomic E-state index is 12.3. The lowest BCUT2D eigenvalue weighted by Crippen LogP contribution is -2.36. The zero-order valence-electron chi connectivity index (χ0n) is 13.7. The second-order valence-electron chi connectivity index (χ2n) is 6.71. The van der Waals surface area contributed by atoms with E-state index in [9.17, 15) is 4.79 Å². The topological polar surface area (TPSA) is 32.3 Å². The maximum absolute atomic E-state index is 12.3. The molecule has 2 heterocycles. The first-order chi connectivity index (χ1) is 10.8. The van der Waals surface area contributed by atoms with Gasteiger partial charge in [-0.05, 0) is 62.3 Å². The third-order valence-electron chi connectivity index (χ3n) is 4.92. The van der Waals surface area contributed by atoms with Gasteiger partial charge in [0.25, 0.3) is 0 Å². The second kappa shape index (κ2) is 7.28. The molecule has 1 saturated heterocycles. The average molecular weight is 300 g/mol. The Morgan fingerprint density at radius 1 is 1.32 bits per heavy atom. The summed E-state index contributed by atoms with van der Waals surface area (Å²) in [6.45, 7) is 4.12. The number of carbonyl (C=O) groups excluding carboxylic acids is 1. The minimum atomic E-state index is 0.283. The minimum absolute atomic E-state index is 0.283. The van der Waals surface area contributed by atoms with Crippen LogP contribution in [0.15, 0.2) is 18.2 Å². The fourth-order valence-corrected chi connectivity index (χ4v) is 3.77. The van der Waals surface area contributed by atoms with E-state index >= 15 is 0 Å². The smallest absolute Gasteiger partial charge is 0.226 e. The van der Waals surface area contributed by atoms with Crippen molar-refractivity contribution in [3.05, 3.63) is 29.3 Å². The molecule has 3 heteroatoms. The molecule has 0 aliphatic carbocycles. The molecular weight excluding hydrogens is 272 g/mol. The van der Waals surface area contributed by atoms with Gasteiger partial charge < -0.3 is 10.2 Å². The van der Waals surface area contributed by atoms with Crippen molar-refractivity contribution in [3.63, 3.8) is 0 Å². The normalized spacial score (nSPS) is 21.5. The predicted molar refractivity (Wildman–Crippen MR) is 91.4 cm³/mol. The van der Waals surface area contributed by atoms with Gasteiger partial charge in [-0.1, -0.05) is 25.5 Å². The van der Waals surface area contributed by atoms with E-state index in [1.54, 1.807) is 0 Å². The average Bonchev–Trinajstić information content (AvgIpc) is 2.55. The summed E-state index contributed by atoms with van der Waals surface area (Å²) in [5, 5.41) is 3.63. The van der Waals surface area contributed by atoms with Crippen LogP contribution in [0.1, 0.15) is 56.6 Å². The third kappa shape index (κ3) is 3.52. The number of anilines is 1. The first-order valence-electron chi connectivity index (χ1n) is 8.93. The lowest BCUT2D eigenvalue weighted by Gasteiger charge is -2.30. The van der Waals surface area contributed by atoms with E-state index in [0.29, 0.717) is 12.5 Å². The van der Waals surface area contributed by atoms with Crippen molar-refractivity contribution < 1.29 is 4.79 Å². The van der Waals surface area contributed by atoms with Crippen LogP contribution in [-0.2, 0) is 17.6 Å². The Bertz CT molecular complexity index is 520. The highest BCUT2D eigenvalue weighted by Crippen LogP contribution is 2.29. The molecular formula is C19H28N2O. The van der Waals surface area contributed by atoms with E-state index in [1.807, 2.05) is 4.90 Å². The van der Waals surface area contributed by atoms with Gasteiger partial charge in [-0.2, -0.15) is 0 Å². The zero-order chi connectivity index (χ0) is 15.4. The van der Waals surface area contributed by atoms with E-state index in [1.165, 1.54) is 30.4 Å². The quantitative estimate of drug-likeness (QED) is 0.923. The first kappa shape index (κ1) is 15.5. The van der Waals surface area contributed by atoms with Crippen molar-refractivity contribution in [2.24, 2.45) is 0 Å². The van der Waals surface area contributed by atoms with Gasteiger partial charge in [0.15, 0.2) is 0 Å². The van der Waals surface area contributed by atoms with Crippen LogP contribution in [0, 0.1) is 0 Å². The molecule has 1 aromatic carbocycles. The number of hydrogen-bond donors (Lipinski definition) is 1. The van der Waals surface area contributed by atoms with Crippen LogP contribution in [0.4, 0.5) is 5.69 Å². The van der Waals surface area contributed by atoms with Gasteiger partial charge in [-0.3, -0.25) is 4.79 Å². The van der Waals surface area contributed by atoms with Crippen LogP contribution >= 0.6 is 0 Å². The van der Waals surface area contributed by atoms with E-state index in [0.717, 1.165) is 44.5 Å². The van der Waals surface area contributed by atoms with E-state index in [4.69, 9.17) is 0 Å². The molecule has 3 nitrogen and oxygen atoms in total. The highest BCUT2D eigenvalue weighted by atomic mass is 16.2. The number of nitrogens with one attached hydrogen (secondary N) is 1. The molecule has 1 atom stereocenters. The highest BCUT2D eigenvalue weighted by Gasteiger charge is 2.22. The Balaban J connectivity index is 1.73. The van der Waals surface area contributed by atoms with Gasteiger partial charge in [0, 0.05) is 24.7 Å². The standard InChI is InChI=1S/C19H28N2O/c1-2-6-19(22)21-12-5-7-16-13-15(9-10-18(16)21)14-17-8-3-4-11-20-17/h9-10,13,17,20H,2-8,11-12,14H2,1H3. The number of amides is 1. The van der Waals surface area contributed by atoms with Crippen LogP contribution in [0.5, 0.6) is 0 Å². The third-order valence-corrected chi connectivity index (χ3v) is 4.92. The molecule has 1 amide bonds. The van der Waals surface area contributed by atoms with Crippen LogP contribution in [-0.4, -0.2) is 25.0 Å². The Morgan fingerprint density at radius 2 is 2.23 bits per heavy atom. The van der Waals surface area contributed by atoms with Crippen LogP contribution in [0.3, 0.4) is 0 Å². The monoisotopic (exact) mass is 300 g/mol. The van der Waals surface area contributed by atoms with Gasteiger partial charge >= 0.3 is 0 Å². The number of rotatable bonds is 4. The van der Waals surface area contributed by atoms with E-state index < -0.39 is 0 Å². The van der Waals surface area contributed by atoms with Crippen molar-refractivity contribution >= 4 is 11.6 Å². The molecule has 1 aromatic rings. The molecule has 0 radical (unpaired) electrons. The second-order valence-corrected chi connectivity index (χ2v) is 6.71. The summed E-state index contributed by atoms with van der Waals surface area (Å²) in [6.07, 6.45) is 8.86. The Hall–Kier alpha value is -1.35. The molecule has 2 aliphatic heterocycles. The molecule has 0 bridgehead atoms. The van der Waals surface area contributed by atoms with Gasteiger partial charge in [0.2, 0.25) is 5.91 Å². The predicted octanol–water partition coefficient (Wildman–Crippen LogP) is 3.45. The molecule has 22 heavy (non-hydrogen) atoms. The minimum Gasteiger partial charge on any atom is -0.314 e. The highest BCUT2D eigenvalue weighted by molar-refractivity contribution is 5.94. The van der Waals surface area contributed by atoms with Gasteiger partial charge in [0.1, 0.15) is 0 Å². The Labute approximate surface area is 134 Å². The van der Waals surface area contributed by atoms with Crippen LogP contribution < -0.4 is 10.2 Å². The molecule has 1 unspecified atom stereocenters. The summed E-state index contributed by atoms with van der Waals surface area (Å²) in [4.78, 5) is 14.3. The van der Waals surface area contributed by atoms with Crippen LogP contribution in [0.2, 0.25) is 0 Å². The number of benzene rings is 1. The number of fused-ring (bicyclic) bond motifs is 1. The molecule has 1 fully saturated rings. The number of aryl methyl sites for hydroxylation is 1. The summed E-state index contributed by atoms with van der Waals surface area (Å²) >= 11 is 0. The molecule has 2 aliphatic rings. The van der Waals surface area contributed by atoms with Crippen molar-refractivity contribution in [2.75, 3.05) is 18.0 Å². The van der Waals surface area contributed by atoms with E-state index in [2.05, 4.69) is 30.4 Å². The SMILES string of the molecule is CCCC(=O)N1CCCc2cc(CC3CCCCN3)ccc21. The summed E-state index contributed by atoms with van der Waals surface area (Å²) in [7, 11) is 0. The molecule has 0 aromatic heterocycles. The lowest BCUT2D eigenvalue weighted by atomic mass is 9.93. The Kier molecular flexibility index (Phi) is 5.14. The number of nitrogens with zero attached hydrogens (tertiary/aromatic N) is 1. The summed E-state index contributed by atoms with van der Waals surface area (Å²) < 4.78 is 0. The largest absolute Gasteiger partial charge is 0.314 e. The molecule has 3 rings (SSSR count). The van der Waals surface area contributed by atoms with E-state index in [-0.39, 0.29) is 5.91 Å². The fourth-order valence-electron chi connectivity index (χ4n) is 3.77. The van der Waals surface area contributed by atoms with Gasteiger partial charge in [-0.25, -0.2) is 0 Å². The van der Waals surface area contributed by atoms with Crippen molar-refractivity contribution in [2.45, 2.75) is 64.3 Å². The van der Waals surface area contributed by atoms with Crippen molar-refractivity contribution in [1.29, 1.82) is 0 Å². The fraction of sp³-hybridized carbons (Fsp3) is 0.632. The van der Waals surface area contributed by atoms with Crippen molar-refractivity contribution in [1.82, 2.24) is 5.32 Å².